The van der Waals surface area contributed by atoms with Gasteiger partial charge in [-0.2, -0.15) is 0 Å². The third-order valence-corrected chi connectivity index (χ3v) is 7.68. The summed E-state index contributed by atoms with van der Waals surface area (Å²) in [5, 5.41) is 5.41. The molecule has 0 spiro atoms. The van der Waals surface area contributed by atoms with Gasteiger partial charge < -0.3 is 9.26 Å². The molecular weight excluding hydrogens is 471 g/mol. The normalized spacial score (nSPS) is 14.0. The first-order valence-electron chi connectivity index (χ1n) is 9.95. The molecule has 0 bridgehead atoms. The van der Waals surface area contributed by atoms with Gasteiger partial charge in [0.05, 0.1) is 16.0 Å². The Balaban J connectivity index is 1.60. The number of hydrogen-bond donors (Lipinski definition) is 1. The lowest BCUT2D eigenvalue weighted by atomic mass is 10.0. The number of sulfonamides is 1. The van der Waals surface area contributed by atoms with Crippen molar-refractivity contribution in [3.63, 3.8) is 0 Å². The van der Waals surface area contributed by atoms with Crippen molar-refractivity contribution in [1.29, 1.82) is 0 Å². The molecule has 32 heavy (non-hydrogen) atoms. The molecule has 9 heteroatoms. The van der Waals surface area contributed by atoms with Crippen LogP contribution in [0.25, 0.3) is 22.1 Å². The van der Waals surface area contributed by atoms with E-state index in [1.54, 1.807) is 36.4 Å². The van der Waals surface area contributed by atoms with E-state index in [2.05, 4.69) is 9.88 Å². The van der Waals surface area contributed by atoms with E-state index in [0.717, 1.165) is 16.6 Å². The fourth-order valence-corrected chi connectivity index (χ4v) is 5.26. The number of anilines is 1. The number of nitrogens with zero attached hydrogens (tertiary/aromatic N) is 1. The minimum Gasteiger partial charge on any atom is -0.455 e. The molecule has 164 valence electrons. The quantitative estimate of drug-likeness (QED) is 0.322. The molecule has 3 aromatic carbocycles. The van der Waals surface area contributed by atoms with Gasteiger partial charge in [0.2, 0.25) is 10.0 Å². The summed E-state index contributed by atoms with van der Waals surface area (Å²) in [6.45, 7) is 1.86. The van der Waals surface area contributed by atoms with E-state index in [0.29, 0.717) is 51.2 Å². The molecule has 1 N–H and O–H groups in total. The molecule has 6 nitrogen and oxygen atoms in total. The second kappa shape index (κ2) is 7.99. The molecule has 0 atom stereocenters. The number of aromatic nitrogens is 1. The van der Waals surface area contributed by atoms with E-state index in [1.165, 1.54) is 0 Å². The Morgan fingerprint density at radius 2 is 1.81 bits per heavy atom. The highest BCUT2D eigenvalue weighted by atomic mass is 35.5. The third-order valence-electron chi connectivity index (χ3n) is 5.28. The van der Waals surface area contributed by atoms with E-state index in [4.69, 9.17) is 32.5 Å². The zero-order valence-electron chi connectivity index (χ0n) is 16.9. The number of ether oxygens (including phenoxy) is 1. The lowest BCUT2D eigenvalue weighted by Crippen LogP contribution is -2.17. The molecule has 0 saturated heterocycles. The molecule has 4 aromatic rings. The van der Waals surface area contributed by atoms with E-state index in [-0.39, 0.29) is 5.25 Å². The number of hydrogen-bond acceptors (Lipinski definition) is 5. The van der Waals surface area contributed by atoms with E-state index in [9.17, 15) is 8.42 Å². The topological polar surface area (TPSA) is 81.4 Å². The zero-order chi connectivity index (χ0) is 22.5. The predicted octanol–water partition coefficient (Wildman–Crippen LogP) is 6.81. The molecule has 1 fully saturated rings. The summed E-state index contributed by atoms with van der Waals surface area (Å²) in [5.41, 5.74) is 3.39. The highest BCUT2D eigenvalue weighted by molar-refractivity contribution is 7.93. The minimum atomic E-state index is -3.41. The van der Waals surface area contributed by atoms with Crippen LogP contribution in [-0.2, 0) is 10.0 Å². The first kappa shape index (κ1) is 21.1. The first-order chi connectivity index (χ1) is 15.3. The maximum absolute atomic E-state index is 12.5. The van der Waals surface area contributed by atoms with E-state index < -0.39 is 10.0 Å². The number of halogens is 2. The Bertz CT molecular complexity index is 1450. The monoisotopic (exact) mass is 488 g/mol. The Labute approximate surface area is 195 Å². The summed E-state index contributed by atoms with van der Waals surface area (Å²) in [6, 6.07) is 15.8. The van der Waals surface area contributed by atoms with Gasteiger partial charge >= 0.3 is 0 Å². The largest absolute Gasteiger partial charge is 0.455 e. The molecule has 0 amide bonds. The van der Waals surface area contributed by atoms with Crippen molar-refractivity contribution in [3.8, 4) is 22.6 Å². The van der Waals surface area contributed by atoms with Crippen molar-refractivity contribution in [2.75, 3.05) is 4.72 Å². The van der Waals surface area contributed by atoms with Crippen molar-refractivity contribution in [3.05, 3.63) is 70.3 Å². The van der Waals surface area contributed by atoms with Gasteiger partial charge in [0.15, 0.2) is 5.58 Å². The minimum absolute atomic E-state index is 0.328. The van der Waals surface area contributed by atoms with Gasteiger partial charge in [-0.05, 0) is 73.9 Å². The van der Waals surface area contributed by atoms with Crippen LogP contribution in [0.2, 0.25) is 10.0 Å². The fraction of sp³-hybridized carbons (Fsp3) is 0.174. The number of aryl methyl sites for hydroxylation is 1. The Hall–Kier alpha value is -2.74. The van der Waals surface area contributed by atoms with Crippen LogP contribution in [-0.4, -0.2) is 18.8 Å². The van der Waals surface area contributed by atoms with Crippen molar-refractivity contribution in [2.45, 2.75) is 25.0 Å². The Morgan fingerprint density at radius 3 is 2.56 bits per heavy atom. The van der Waals surface area contributed by atoms with Gasteiger partial charge in [-0.15, -0.1) is 0 Å². The van der Waals surface area contributed by atoms with Gasteiger partial charge in [-0.25, -0.2) is 8.42 Å². The summed E-state index contributed by atoms with van der Waals surface area (Å²) in [5.74, 6) is 0.947. The zero-order valence-corrected chi connectivity index (χ0v) is 19.3. The highest BCUT2D eigenvalue weighted by Crippen LogP contribution is 2.40. The summed E-state index contributed by atoms with van der Waals surface area (Å²) in [4.78, 5) is 0. The van der Waals surface area contributed by atoms with Crippen molar-refractivity contribution < 1.29 is 17.7 Å². The Morgan fingerprint density at radius 1 is 1.03 bits per heavy atom. The van der Waals surface area contributed by atoms with Gasteiger partial charge in [-0.3, -0.25) is 4.72 Å². The van der Waals surface area contributed by atoms with Gasteiger partial charge in [0, 0.05) is 21.7 Å². The third kappa shape index (κ3) is 4.16. The van der Waals surface area contributed by atoms with Crippen LogP contribution in [0.5, 0.6) is 11.5 Å². The lowest BCUT2D eigenvalue weighted by molar-refractivity contribution is 0.450. The maximum Gasteiger partial charge on any atom is 0.235 e. The standard InChI is InChI=1S/C23H18Cl2N2O4S/c1-13-18-10-14(2-7-22(18)31-26-13)19-12-16(27-32(28,29)17-5-6-17)4-9-21(19)30-23-8-3-15(24)11-20(23)25/h2-4,7-12,17,27H,5-6H2,1H3. The molecular formula is C23H18Cl2N2O4S. The summed E-state index contributed by atoms with van der Waals surface area (Å²) in [6.07, 6.45) is 1.36. The second-order valence-corrected chi connectivity index (χ2v) is 10.5. The van der Waals surface area contributed by atoms with Crippen LogP contribution < -0.4 is 9.46 Å². The average Bonchev–Trinajstić information content (AvgIpc) is 3.56. The van der Waals surface area contributed by atoms with Crippen LogP contribution in [0.4, 0.5) is 5.69 Å². The van der Waals surface area contributed by atoms with Crippen LogP contribution in [0.15, 0.2) is 59.1 Å². The van der Waals surface area contributed by atoms with Crippen LogP contribution >= 0.6 is 23.2 Å². The molecule has 5 rings (SSSR count). The van der Waals surface area contributed by atoms with Gasteiger partial charge in [0.25, 0.3) is 0 Å². The summed E-state index contributed by atoms with van der Waals surface area (Å²) < 4.78 is 39.0. The molecule has 1 aliphatic rings. The van der Waals surface area contributed by atoms with Crippen molar-refractivity contribution in [2.24, 2.45) is 0 Å². The Kier molecular flexibility index (Phi) is 5.28. The number of nitrogens with one attached hydrogen (secondary N) is 1. The SMILES string of the molecule is Cc1noc2ccc(-c3cc(NS(=O)(=O)C4CC4)ccc3Oc3ccc(Cl)cc3Cl)cc12. The number of benzene rings is 3. The molecule has 0 aliphatic heterocycles. The summed E-state index contributed by atoms with van der Waals surface area (Å²) >= 11 is 12.3. The lowest BCUT2D eigenvalue weighted by Gasteiger charge is -2.15. The summed E-state index contributed by atoms with van der Waals surface area (Å²) in [7, 11) is -3.41. The smallest absolute Gasteiger partial charge is 0.235 e. The molecule has 1 heterocycles. The van der Waals surface area contributed by atoms with Gasteiger partial charge in [0.1, 0.15) is 11.5 Å². The van der Waals surface area contributed by atoms with E-state index >= 15 is 0 Å². The first-order valence-corrected chi connectivity index (χ1v) is 12.3. The van der Waals surface area contributed by atoms with Crippen LogP contribution in [0.3, 0.4) is 0 Å². The predicted molar refractivity (Wildman–Crippen MR) is 126 cm³/mol. The molecule has 1 aliphatic carbocycles. The second-order valence-electron chi connectivity index (χ2n) is 7.71. The van der Waals surface area contributed by atoms with Crippen LogP contribution in [0.1, 0.15) is 18.5 Å². The van der Waals surface area contributed by atoms with Crippen molar-refractivity contribution >= 4 is 49.9 Å². The fourth-order valence-electron chi connectivity index (χ4n) is 3.44. The van der Waals surface area contributed by atoms with Crippen molar-refractivity contribution in [1.82, 2.24) is 5.16 Å². The molecule has 1 aromatic heterocycles. The highest BCUT2D eigenvalue weighted by Gasteiger charge is 2.35. The molecule has 1 saturated carbocycles. The maximum atomic E-state index is 12.5. The number of rotatable bonds is 6. The number of fused-ring (bicyclic) bond motifs is 1. The van der Waals surface area contributed by atoms with Crippen LogP contribution in [0, 0.1) is 6.92 Å². The molecule has 0 radical (unpaired) electrons. The van der Waals surface area contributed by atoms with Gasteiger partial charge in [-0.1, -0.05) is 34.4 Å². The average molecular weight is 489 g/mol. The molecule has 0 unspecified atom stereocenters. The van der Waals surface area contributed by atoms with E-state index in [1.807, 2.05) is 25.1 Å².